The van der Waals surface area contributed by atoms with Crippen LogP contribution in [0.25, 0.3) is 0 Å². The molecule has 1 fully saturated rings. The maximum atomic E-state index is 12.3. The second-order valence-electron chi connectivity index (χ2n) is 7.18. The Morgan fingerprint density at radius 1 is 0.933 bits per heavy atom. The van der Waals surface area contributed by atoms with Gasteiger partial charge in [-0.1, -0.05) is 36.4 Å². The molecule has 1 aliphatic rings. The van der Waals surface area contributed by atoms with Gasteiger partial charge in [0.1, 0.15) is 5.75 Å². The number of piperidine rings is 1. The van der Waals surface area contributed by atoms with E-state index in [-0.39, 0.29) is 30.3 Å². The molecule has 0 radical (unpaired) electrons. The van der Waals surface area contributed by atoms with Gasteiger partial charge >= 0.3 is 0 Å². The molecular formula is C23H27N3O4. The first-order valence-electron chi connectivity index (χ1n) is 10.2. The summed E-state index contributed by atoms with van der Waals surface area (Å²) in [6, 6.07) is 18.2. The summed E-state index contributed by atoms with van der Waals surface area (Å²) in [5.41, 5.74) is 0.522. The first kappa shape index (κ1) is 21.4. The number of ether oxygens (including phenoxy) is 1. The standard InChI is InChI=1S/C23H27N3O4/c27-21(17-24-23(29)18-7-3-1-4-8-18)25-19-11-14-26(15-12-19)22(28)13-16-30-20-9-5-2-6-10-20/h1-10,19H,11-17H2,(H,24,29)(H,25,27). The molecule has 1 heterocycles. The van der Waals surface area contributed by atoms with Crippen LogP contribution in [0.2, 0.25) is 0 Å². The molecule has 0 unspecified atom stereocenters. The predicted molar refractivity (Wildman–Crippen MR) is 113 cm³/mol. The fraction of sp³-hybridized carbons (Fsp3) is 0.348. The number of nitrogens with zero attached hydrogens (tertiary/aromatic N) is 1. The average molecular weight is 409 g/mol. The first-order chi connectivity index (χ1) is 14.6. The molecule has 0 aromatic heterocycles. The van der Waals surface area contributed by atoms with E-state index in [2.05, 4.69) is 10.6 Å². The zero-order chi connectivity index (χ0) is 21.2. The lowest BCUT2D eigenvalue weighted by molar-refractivity contribution is -0.132. The fourth-order valence-corrected chi connectivity index (χ4v) is 3.34. The molecule has 0 atom stereocenters. The lowest BCUT2D eigenvalue weighted by Crippen LogP contribution is -2.48. The Bertz CT molecular complexity index is 834. The molecule has 158 valence electrons. The van der Waals surface area contributed by atoms with Gasteiger partial charge in [0.15, 0.2) is 0 Å². The number of benzene rings is 2. The van der Waals surface area contributed by atoms with Gasteiger partial charge in [-0.25, -0.2) is 0 Å². The van der Waals surface area contributed by atoms with Crippen LogP contribution in [0.5, 0.6) is 5.75 Å². The highest BCUT2D eigenvalue weighted by Crippen LogP contribution is 2.13. The summed E-state index contributed by atoms with van der Waals surface area (Å²) < 4.78 is 5.58. The number of nitrogens with one attached hydrogen (secondary N) is 2. The van der Waals surface area contributed by atoms with Crippen LogP contribution in [0.4, 0.5) is 0 Å². The van der Waals surface area contributed by atoms with Crippen LogP contribution < -0.4 is 15.4 Å². The number of likely N-dealkylation sites (tertiary alicyclic amines) is 1. The van der Waals surface area contributed by atoms with E-state index in [1.165, 1.54) is 0 Å². The van der Waals surface area contributed by atoms with Crippen molar-refractivity contribution < 1.29 is 19.1 Å². The van der Waals surface area contributed by atoms with E-state index in [0.717, 1.165) is 5.75 Å². The van der Waals surface area contributed by atoms with E-state index in [1.807, 2.05) is 41.3 Å². The lowest BCUT2D eigenvalue weighted by Gasteiger charge is -2.32. The highest BCUT2D eigenvalue weighted by Gasteiger charge is 2.23. The van der Waals surface area contributed by atoms with Crippen LogP contribution in [0.15, 0.2) is 60.7 Å². The minimum absolute atomic E-state index is 0.00995. The molecule has 3 rings (SSSR count). The van der Waals surface area contributed by atoms with Crippen LogP contribution in [0, 0.1) is 0 Å². The molecular weight excluding hydrogens is 382 g/mol. The lowest BCUT2D eigenvalue weighted by atomic mass is 10.0. The van der Waals surface area contributed by atoms with Crippen LogP contribution in [-0.4, -0.2) is 54.9 Å². The fourth-order valence-electron chi connectivity index (χ4n) is 3.34. The van der Waals surface area contributed by atoms with Crippen molar-refractivity contribution in [2.45, 2.75) is 25.3 Å². The number of amides is 3. The third-order valence-corrected chi connectivity index (χ3v) is 4.99. The van der Waals surface area contributed by atoms with Crippen LogP contribution >= 0.6 is 0 Å². The number of para-hydroxylation sites is 1. The van der Waals surface area contributed by atoms with Gasteiger partial charge < -0.3 is 20.3 Å². The Balaban J connectivity index is 1.31. The van der Waals surface area contributed by atoms with Gasteiger partial charge in [-0.2, -0.15) is 0 Å². The topological polar surface area (TPSA) is 87.7 Å². The molecule has 30 heavy (non-hydrogen) atoms. The molecule has 2 aromatic carbocycles. The Labute approximate surface area is 176 Å². The SMILES string of the molecule is O=C(CNC(=O)c1ccccc1)NC1CCN(C(=O)CCOc2ccccc2)CC1. The number of carbonyl (C=O) groups is 3. The summed E-state index contributed by atoms with van der Waals surface area (Å²) in [5, 5.41) is 5.56. The van der Waals surface area contributed by atoms with E-state index < -0.39 is 0 Å². The minimum Gasteiger partial charge on any atom is -0.493 e. The van der Waals surface area contributed by atoms with Crippen molar-refractivity contribution in [3.05, 3.63) is 66.2 Å². The van der Waals surface area contributed by atoms with Gasteiger partial charge in [0.05, 0.1) is 19.6 Å². The molecule has 7 nitrogen and oxygen atoms in total. The van der Waals surface area contributed by atoms with E-state index >= 15 is 0 Å². The number of carbonyl (C=O) groups excluding carboxylic acids is 3. The van der Waals surface area contributed by atoms with Crippen molar-refractivity contribution in [1.82, 2.24) is 15.5 Å². The Morgan fingerprint density at radius 3 is 2.23 bits per heavy atom. The van der Waals surface area contributed by atoms with Crippen LogP contribution in [0.1, 0.15) is 29.6 Å². The number of hydrogen-bond acceptors (Lipinski definition) is 4. The molecule has 1 aliphatic heterocycles. The van der Waals surface area contributed by atoms with E-state index in [1.54, 1.807) is 24.3 Å². The highest BCUT2D eigenvalue weighted by atomic mass is 16.5. The van der Waals surface area contributed by atoms with Gasteiger partial charge in [-0.05, 0) is 37.1 Å². The quantitative estimate of drug-likeness (QED) is 0.698. The van der Waals surface area contributed by atoms with E-state index in [9.17, 15) is 14.4 Å². The van der Waals surface area contributed by atoms with Gasteiger partial charge in [-0.3, -0.25) is 14.4 Å². The molecule has 2 N–H and O–H groups in total. The van der Waals surface area contributed by atoms with Crippen molar-refractivity contribution in [1.29, 1.82) is 0 Å². The molecule has 0 saturated carbocycles. The predicted octanol–water partition coefficient (Wildman–Crippen LogP) is 1.99. The summed E-state index contributed by atoms with van der Waals surface area (Å²) in [4.78, 5) is 38.3. The largest absolute Gasteiger partial charge is 0.493 e. The molecule has 0 bridgehead atoms. The van der Waals surface area contributed by atoms with Crippen LogP contribution in [-0.2, 0) is 9.59 Å². The zero-order valence-electron chi connectivity index (χ0n) is 16.9. The second-order valence-corrected chi connectivity index (χ2v) is 7.18. The molecule has 3 amide bonds. The maximum absolute atomic E-state index is 12.3. The Morgan fingerprint density at radius 2 is 1.57 bits per heavy atom. The van der Waals surface area contributed by atoms with Crippen molar-refractivity contribution in [2.75, 3.05) is 26.2 Å². The normalized spacial score (nSPS) is 14.1. The third kappa shape index (κ3) is 6.62. The van der Waals surface area contributed by atoms with Crippen molar-refractivity contribution in [3.8, 4) is 5.75 Å². The van der Waals surface area contributed by atoms with Gasteiger partial charge in [0.25, 0.3) is 5.91 Å². The van der Waals surface area contributed by atoms with Crippen molar-refractivity contribution in [3.63, 3.8) is 0 Å². The maximum Gasteiger partial charge on any atom is 0.251 e. The van der Waals surface area contributed by atoms with Gasteiger partial charge in [0, 0.05) is 24.7 Å². The Hall–Kier alpha value is -3.35. The summed E-state index contributed by atoms with van der Waals surface area (Å²) in [5.74, 6) is 0.320. The molecule has 0 aliphatic carbocycles. The van der Waals surface area contributed by atoms with Gasteiger partial charge in [0.2, 0.25) is 11.8 Å². The molecule has 7 heteroatoms. The third-order valence-electron chi connectivity index (χ3n) is 4.99. The van der Waals surface area contributed by atoms with E-state index in [0.29, 0.717) is 44.5 Å². The summed E-state index contributed by atoms with van der Waals surface area (Å²) in [6.45, 7) is 1.49. The second kappa shape index (κ2) is 11.0. The Kier molecular flexibility index (Phi) is 7.83. The van der Waals surface area contributed by atoms with Crippen LogP contribution in [0.3, 0.4) is 0 Å². The average Bonchev–Trinajstić information content (AvgIpc) is 2.79. The number of hydrogen-bond donors (Lipinski definition) is 2. The molecule has 1 saturated heterocycles. The monoisotopic (exact) mass is 409 g/mol. The highest BCUT2D eigenvalue weighted by molar-refractivity contribution is 5.96. The van der Waals surface area contributed by atoms with Crippen molar-refractivity contribution in [2.24, 2.45) is 0 Å². The summed E-state index contributed by atoms with van der Waals surface area (Å²) in [6.07, 6.45) is 1.73. The van der Waals surface area contributed by atoms with Gasteiger partial charge in [-0.15, -0.1) is 0 Å². The van der Waals surface area contributed by atoms with Crippen molar-refractivity contribution >= 4 is 17.7 Å². The molecule has 2 aromatic rings. The van der Waals surface area contributed by atoms with E-state index in [4.69, 9.17) is 4.74 Å². The smallest absolute Gasteiger partial charge is 0.251 e. The summed E-state index contributed by atoms with van der Waals surface area (Å²) in [7, 11) is 0. The number of rotatable bonds is 8. The first-order valence-corrected chi connectivity index (χ1v) is 10.2. The minimum atomic E-state index is -0.274. The summed E-state index contributed by atoms with van der Waals surface area (Å²) >= 11 is 0. The molecule has 0 spiro atoms. The zero-order valence-corrected chi connectivity index (χ0v) is 16.9.